The molecule has 2 heterocycles. The highest BCUT2D eigenvalue weighted by molar-refractivity contribution is 7.15. The number of hydrogen-bond acceptors (Lipinski definition) is 5. The predicted octanol–water partition coefficient (Wildman–Crippen LogP) is 2.05. The number of hydrogen-bond donors (Lipinski definition) is 0. The lowest BCUT2D eigenvalue weighted by molar-refractivity contribution is 0.0770. The van der Waals surface area contributed by atoms with Crippen molar-refractivity contribution in [3.05, 3.63) is 63.8 Å². The minimum atomic E-state index is -0.461. The van der Waals surface area contributed by atoms with Gasteiger partial charge in [-0.05, 0) is 12.1 Å². The molecular weight excluding hydrogens is 333 g/mol. The maximum Gasteiger partial charge on any atom is 0.271 e. The molecule has 0 bridgehead atoms. The summed E-state index contributed by atoms with van der Waals surface area (Å²) >= 11 is 1.31. The molecule has 0 saturated heterocycles. The summed E-state index contributed by atoms with van der Waals surface area (Å²) in [5, 5.41) is 1.73. The summed E-state index contributed by atoms with van der Waals surface area (Å²) in [6.07, 6.45) is 2.86. The van der Waals surface area contributed by atoms with Crippen LogP contribution in [0.1, 0.15) is 10.4 Å². The number of fused-ring (bicyclic) bond motifs is 1. The Hall–Kier alpha value is -2.74. The molecule has 1 amide bonds. The molecule has 0 aliphatic heterocycles. The summed E-state index contributed by atoms with van der Waals surface area (Å²) in [6.45, 7) is 0.317. The van der Waals surface area contributed by atoms with E-state index < -0.39 is 17.3 Å². The molecule has 24 heavy (non-hydrogen) atoms. The number of carbonyl (C=O) groups excluding carboxylic acids is 1. The summed E-state index contributed by atoms with van der Waals surface area (Å²) in [5.74, 6) is -0.790. The van der Waals surface area contributed by atoms with Gasteiger partial charge >= 0.3 is 0 Å². The quantitative estimate of drug-likeness (QED) is 0.709. The minimum absolute atomic E-state index is 0.0145. The van der Waals surface area contributed by atoms with Gasteiger partial charge in [0.25, 0.3) is 11.5 Å². The molecule has 0 spiro atoms. The number of halogens is 1. The number of carbonyl (C=O) groups is 1. The van der Waals surface area contributed by atoms with Crippen LogP contribution in [0.5, 0.6) is 5.75 Å². The van der Waals surface area contributed by atoms with Crippen molar-refractivity contribution in [3.63, 3.8) is 0 Å². The van der Waals surface area contributed by atoms with Crippen molar-refractivity contribution in [1.29, 1.82) is 0 Å². The number of thiazole rings is 1. The van der Waals surface area contributed by atoms with Crippen molar-refractivity contribution < 1.29 is 13.9 Å². The van der Waals surface area contributed by atoms with Crippen LogP contribution in [0.3, 0.4) is 0 Å². The largest absolute Gasteiger partial charge is 0.489 e. The molecule has 0 aliphatic rings. The zero-order chi connectivity index (χ0) is 17.1. The van der Waals surface area contributed by atoms with Crippen LogP contribution in [0, 0.1) is 5.82 Å². The van der Waals surface area contributed by atoms with Crippen molar-refractivity contribution in [2.75, 3.05) is 20.2 Å². The van der Waals surface area contributed by atoms with Gasteiger partial charge in [0.05, 0.1) is 6.54 Å². The lowest BCUT2D eigenvalue weighted by Gasteiger charge is -2.17. The molecule has 124 valence electrons. The summed E-state index contributed by atoms with van der Waals surface area (Å²) in [5.41, 5.74) is -0.424. The number of ether oxygens (including phenoxy) is 1. The van der Waals surface area contributed by atoms with E-state index in [1.54, 1.807) is 30.8 Å². The third-order valence-corrected chi connectivity index (χ3v) is 4.21. The fourth-order valence-corrected chi connectivity index (χ4v) is 2.81. The van der Waals surface area contributed by atoms with Crippen molar-refractivity contribution in [2.45, 2.75) is 0 Å². The topological polar surface area (TPSA) is 63.9 Å². The van der Waals surface area contributed by atoms with E-state index >= 15 is 0 Å². The van der Waals surface area contributed by atoms with Gasteiger partial charge in [-0.3, -0.25) is 14.0 Å². The minimum Gasteiger partial charge on any atom is -0.489 e. The molecule has 3 rings (SSSR count). The smallest absolute Gasteiger partial charge is 0.271 e. The maximum absolute atomic E-state index is 13.5. The Morgan fingerprint density at radius 2 is 2.21 bits per heavy atom. The van der Waals surface area contributed by atoms with Crippen LogP contribution < -0.4 is 10.3 Å². The Morgan fingerprint density at radius 1 is 1.42 bits per heavy atom. The van der Waals surface area contributed by atoms with Gasteiger partial charge in [0, 0.05) is 24.8 Å². The lowest BCUT2D eigenvalue weighted by Crippen LogP contribution is -2.35. The molecule has 0 unspecified atom stereocenters. The van der Waals surface area contributed by atoms with Crippen LogP contribution >= 0.6 is 11.3 Å². The molecule has 0 saturated carbocycles. The fraction of sp³-hybridized carbons (Fsp3) is 0.188. The molecule has 3 aromatic rings. The Labute approximate surface area is 140 Å². The first-order valence-electron chi connectivity index (χ1n) is 7.15. The van der Waals surface area contributed by atoms with Crippen LogP contribution in [-0.4, -0.2) is 40.4 Å². The van der Waals surface area contributed by atoms with Crippen LogP contribution in [0.15, 0.2) is 46.8 Å². The zero-order valence-electron chi connectivity index (χ0n) is 12.8. The van der Waals surface area contributed by atoms with Gasteiger partial charge in [-0.15, -0.1) is 11.3 Å². The van der Waals surface area contributed by atoms with Gasteiger partial charge in [0.15, 0.2) is 16.5 Å². The van der Waals surface area contributed by atoms with E-state index in [0.29, 0.717) is 4.96 Å². The van der Waals surface area contributed by atoms with Gasteiger partial charge in [0.1, 0.15) is 12.2 Å². The van der Waals surface area contributed by atoms with Crippen LogP contribution in [0.2, 0.25) is 0 Å². The van der Waals surface area contributed by atoms with E-state index in [-0.39, 0.29) is 24.5 Å². The normalized spacial score (nSPS) is 10.8. The number of nitrogens with zero attached hydrogens (tertiary/aromatic N) is 3. The number of likely N-dealkylation sites (N-methyl/N-ethyl adjacent to an activating group) is 1. The lowest BCUT2D eigenvalue weighted by atomic mass is 10.3. The Balaban J connectivity index is 1.67. The molecule has 0 N–H and O–H groups in total. The number of aromatic nitrogens is 2. The summed E-state index contributed by atoms with van der Waals surface area (Å²) < 4.78 is 20.1. The van der Waals surface area contributed by atoms with E-state index in [9.17, 15) is 14.0 Å². The summed E-state index contributed by atoms with van der Waals surface area (Å²) in [6, 6.07) is 6.04. The molecule has 2 aromatic heterocycles. The number of amides is 1. The average molecular weight is 347 g/mol. The first kappa shape index (κ1) is 16.1. The number of benzene rings is 1. The van der Waals surface area contributed by atoms with Crippen molar-refractivity contribution in [1.82, 2.24) is 14.3 Å². The average Bonchev–Trinajstić information content (AvgIpc) is 3.06. The molecule has 0 atom stereocenters. The molecule has 1 aromatic carbocycles. The molecule has 0 aliphatic carbocycles. The van der Waals surface area contributed by atoms with E-state index in [0.717, 1.165) is 0 Å². The molecule has 0 fully saturated rings. The summed E-state index contributed by atoms with van der Waals surface area (Å²) in [4.78, 5) is 30.6. The Bertz CT molecular complexity index is 937. The predicted molar refractivity (Wildman–Crippen MR) is 88.2 cm³/mol. The molecule has 6 nitrogen and oxygen atoms in total. The van der Waals surface area contributed by atoms with Gasteiger partial charge < -0.3 is 9.64 Å². The standard InChI is InChI=1S/C16H14FN3O3S/c1-19(6-8-23-13-5-3-2-4-12(13)17)14(21)11-10-18-16-20(15(11)22)7-9-24-16/h2-5,7,9-10H,6,8H2,1H3. The SMILES string of the molecule is CN(CCOc1ccccc1F)C(=O)c1cnc2sccn2c1=O. The molecular formula is C16H14FN3O3S. The molecule has 8 heteroatoms. The third kappa shape index (κ3) is 3.13. The monoisotopic (exact) mass is 347 g/mol. The Kier molecular flexibility index (Phi) is 4.57. The van der Waals surface area contributed by atoms with Gasteiger partial charge in [-0.2, -0.15) is 0 Å². The van der Waals surface area contributed by atoms with E-state index in [1.807, 2.05) is 0 Å². The van der Waals surface area contributed by atoms with Gasteiger partial charge in [-0.25, -0.2) is 9.37 Å². The van der Waals surface area contributed by atoms with Gasteiger partial charge in [0.2, 0.25) is 0 Å². The highest BCUT2D eigenvalue weighted by Crippen LogP contribution is 2.15. The van der Waals surface area contributed by atoms with Crippen LogP contribution in [-0.2, 0) is 0 Å². The fourth-order valence-electron chi connectivity index (χ4n) is 2.13. The second-order valence-corrected chi connectivity index (χ2v) is 5.91. The highest BCUT2D eigenvalue weighted by Gasteiger charge is 2.18. The van der Waals surface area contributed by atoms with Crippen molar-refractivity contribution >= 4 is 22.2 Å². The first-order valence-corrected chi connectivity index (χ1v) is 8.03. The van der Waals surface area contributed by atoms with E-state index in [4.69, 9.17) is 4.74 Å². The van der Waals surface area contributed by atoms with E-state index in [2.05, 4.69) is 4.98 Å². The zero-order valence-corrected chi connectivity index (χ0v) is 13.6. The first-order chi connectivity index (χ1) is 11.6. The summed E-state index contributed by atoms with van der Waals surface area (Å²) in [7, 11) is 1.55. The van der Waals surface area contributed by atoms with Crippen molar-refractivity contribution in [2.24, 2.45) is 0 Å². The van der Waals surface area contributed by atoms with E-state index in [1.165, 1.54) is 39.0 Å². The maximum atomic E-state index is 13.5. The number of para-hydroxylation sites is 1. The Morgan fingerprint density at radius 3 is 3.00 bits per heavy atom. The molecule has 0 radical (unpaired) electrons. The van der Waals surface area contributed by atoms with Gasteiger partial charge in [-0.1, -0.05) is 12.1 Å². The third-order valence-electron chi connectivity index (χ3n) is 3.44. The second-order valence-electron chi connectivity index (χ2n) is 5.04. The highest BCUT2D eigenvalue weighted by atomic mass is 32.1. The van der Waals surface area contributed by atoms with Crippen LogP contribution in [0.4, 0.5) is 4.39 Å². The van der Waals surface area contributed by atoms with Crippen molar-refractivity contribution in [3.8, 4) is 5.75 Å². The number of rotatable bonds is 5. The van der Waals surface area contributed by atoms with Crippen LogP contribution in [0.25, 0.3) is 4.96 Å². The second kappa shape index (κ2) is 6.79.